The lowest BCUT2D eigenvalue weighted by atomic mass is 9.99. The van der Waals surface area contributed by atoms with Crippen LogP contribution in [0.5, 0.6) is 17.2 Å². The van der Waals surface area contributed by atoms with Gasteiger partial charge in [0.15, 0.2) is 11.5 Å². The molecule has 2 heterocycles. The fourth-order valence-corrected chi connectivity index (χ4v) is 3.08. The molecule has 5 unspecified atom stereocenters. The lowest BCUT2D eigenvalue weighted by Crippen LogP contribution is -2.60. The van der Waals surface area contributed by atoms with Crippen LogP contribution >= 0.6 is 0 Å². The number of methoxy groups -OCH3 is 1. The van der Waals surface area contributed by atoms with Gasteiger partial charge in [0, 0.05) is 12.1 Å². The largest absolute Gasteiger partial charge is 0.504 e. The van der Waals surface area contributed by atoms with Gasteiger partial charge >= 0.3 is 5.97 Å². The number of esters is 1. The zero-order chi connectivity index (χ0) is 24.1. The van der Waals surface area contributed by atoms with E-state index in [0.29, 0.717) is 5.56 Å². The number of hydrogen-bond donors (Lipinski definition) is 4. The van der Waals surface area contributed by atoms with Gasteiger partial charge in [0.2, 0.25) is 17.5 Å². The molecule has 0 saturated carbocycles. The first kappa shape index (κ1) is 24.3. The van der Waals surface area contributed by atoms with Crippen molar-refractivity contribution in [3.63, 3.8) is 0 Å². The van der Waals surface area contributed by atoms with Gasteiger partial charge in [0.05, 0.1) is 13.4 Å². The summed E-state index contributed by atoms with van der Waals surface area (Å²) in [5.41, 5.74) is 0.0220. The van der Waals surface area contributed by atoms with Crippen LogP contribution in [0, 0.1) is 6.92 Å². The quantitative estimate of drug-likeness (QED) is 0.324. The number of phenols is 1. The number of benzene rings is 1. The van der Waals surface area contributed by atoms with Crippen LogP contribution in [-0.4, -0.2) is 70.8 Å². The van der Waals surface area contributed by atoms with Gasteiger partial charge in [-0.05, 0) is 30.7 Å². The molecular weight excluding hydrogens is 440 g/mol. The number of ether oxygens (including phenoxy) is 4. The molecule has 0 aliphatic carbocycles. The minimum atomic E-state index is -1.69. The second-order valence-corrected chi connectivity index (χ2v) is 7.20. The monoisotopic (exact) mass is 464 g/mol. The average Bonchev–Trinajstić information content (AvgIpc) is 2.80. The molecule has 1 aromatic heterocycles. The van der Waals surface area contributed by atoms with Crippen molar-refractivity contribution < 1.29 is 48.6 Å². The predicted molar refractivity (Wildman–Crippen MR) is 112 cm³/mol. The molecule has 33 heavy (non-hydrogen) atoms. The van der Waals surface area contributed by atoms with Crippen molar-refractivity contribution in [1.29, 1.82) is 0 Å². The van der Waals surface area contributed by atoms with Gasteiger partial charge in [-0.15, -0.1) is 0 Å². The molecule has 1 aliphatic rings. The molecule has 1 aromatic carbocycles. The molecular formula is C22H24O11. The maximum atomic E-state index is 12.1. The van der Waals surface area contributed by atoms with E-state index in [1.165, 1.54) is 38.5 Å². The van der Waals surface area contributed by atoms with Gasteiger partial charge in [-0.2, -0.15) is 0 Å². The molecule has 11 heteroatoms. The number of aryl methyl sites for hydroxylation is 1. The number of aliphatic hydroxyl groups is 3. The Hall–Kier alpha value is -3.38. The van der Waals surface area contributed by atoms with Crippen LogP contribution in [0.4, 0.5) is 0 Å². The Balaban J connectivity index is 1.63. The van der Waals surface area contributed by atoms with E-state index < -0.39 is 48.7 Å². The highest BCUT2D eigenvalue weighted by atomic mass is 16.7. The summed E-state index contributed by atoms with van der Waals surface area (Å²) >= 11 is 0. The molecule has 1 aliphatic heterocycles. The number of rotatable bonds is 7. The molecule has 3 rings (SSSR count). The molecule has 2 aromatic rings. The third-order valence-electron chi connectivity index (χ3n) is 4.92. The van der Waals surface area contributed by atoms with Crippen LogP contribution in [0.1, 0.15) is 11.3 Å². The summed E-state index contributed by atoms with van der Waals surface area (Å²) < 4.78 is 26.0. The Labute approximate surface area is 188 Å². The Morgan fingerprint density at radius 2 is 1.91 bits per heavy atom. The van der Waals surface area contributed by atoms with E-state index in [1.54, 1.807) is 6.07 Å². The summed E-state index contributed by atoms with van der Waals surface area (Å²) in [6.07, 6.45) is -4.05. The Morgan fingerprint density at radius 1 is 1.15 bits per heavy atom. The highest BCUT2D eigenvalue weighted by Crippen LogP contribution is 2.27. The van der Waals surface area contributed by atoms with Crippen molar-refractivity contribution in [2.75, 3.05) is 13.7 Å². The molecule has 4 N–H and O–H groups in total. The fraction of sp³-hybridized carbons (Fsp3) is 0.364. The van der Waals surface area contributed by atoms with Crippen LogP contribution in [0.25, 0.3) is 6.08 Å². The second kappa shape index (κ2) is 10.5. The van der Waals surface area contributed by atoms with E-state index in [1.807, 2.05) is 0 Å². The zero-order valence-corrected chi connectivity index (χ0v) is 17.8. The van der Waals surface area contributed by atoms with Gasteiger partial charge < -0.3 is 43.8 Å². The Morgan fingerprint density at radius 3 is 2.61 bits per heavy atom. The fourth-order valence-electron chi connectivity index (χ4n) is 3.08. The second-order valence-electron chi connectivity index (χ2n) is 7.20. The minimum Gasteiger partial charge on any atom is -0.504 e. The zero-order valence-electron chi connectivity index (χ0n) is 17.8. The van der Waals surface area contributed by atoms with Crippen molar-refractivity contribution in [3.05, 3.63) is 58.2 Å². The standard InChI is InChI=1S/C22H24O11/c1-11-21(14(24)7-8-30-11)33-22-20(28)19(27)18(26)16(32-22)10-31-17(25)6-4-12-3-5-13(23)15(9-12)29-2/h3-9,16,18-20,22-23,26-28H,10H2,1-2H3. The van der Waals surface area contributed by atoms with Crippen molar-refractivity contribution in [1.82, 2.24) is 0 Å². The summed E-state index contributed by atoms with van der Waals surface area (Å²) in [5, 5.41) is 40.1. The lowest BCUT2D eigenvalue weighted by Gasteiger charge is -2.39. The summed E-state index contributed by atoms with van der Waals surface area (Å²) in [7, 11) is 1.39. The topological polar surface area (TPSA) is 165 Å². The molecule has 0 radical (unpaired) electrons. The van der Waals surface area contributed by atoms with Crippen LogP contribution < -0.4 is 14.9 Å². The lowest BCUT2D eigenvalue weighted by molar-refractivity contribution is -0.278. The minimum absolute atomic E-state index is 0.0540. The molecule has 5 atom stereocenters. The molecule has 1 fully saturated rings. The van der Waals surface area contributed by atoms with E-state index in [0.717, 1.165) is 12.1 Å². The Bertz CT molecular complexity index is 1060. The van der Waals surface area contributed by atoms with E-state index in [-0.39, 0.29) is 23.0 Å². The maximum absolute atomic E-state index is 12.1. The highest BCUT2D eigenvalue weighted by molar-refractivity contribution is 5.87. The molecule has 0 bridgehead atoms. The van der Waals surface area contributed by atoms with E-state index in [2.05, 4.69) is 0 Å². The summed E-state index contributed by atoms with van der Waals surface area (Å²) in [4.78, 5) is 24.0. The number of aliphatic hydroxyl groups excluding tert-OH is 3. The van der Waals surface area contributed by atoms with Crippen LogP contribution in [-0.2, 0) is 14.3 Å². The first-order valence-corrected chi connectivity index (χ1v) is 9.87. The number of aromatic hydroxyl groups is 1. The molecule has 1 saturated heterocycles. The average molecular weight is 464 g/mol. The molecule has 0 amide bonds. The molecule has 0 spiro atoms. The predicted octanol–water partition coefficient (Wildman–Crippen LogP) is 0.105. The third-order valence-corrected chi connectivity index (χ3v) is 4.92. The molecule has 178 valence electrons. The summed E-state index contributed by atoms with van der Waals surface area (Å²) in [6, 6.07) is 5.57. The van der Waals surface area contributed by atoms with Crippen molar-refractivity contribution in [3.8, 4) is 17.2 Å². The van der Waals surface area contributed by atoms with Crippen molar-refractivity contribution in [2.45, 2.75) is 37.6 Å². The van der Waals surface area contributed by atoms with Gasteiger partial charge in [0.1, 0.15) is 36.8 Å². The van der Waals surface area contributed by atoms with E-state index >= 15 is 0 Å². The number of carbonyl (C=O) groups excluding carboxylic acids is 1. The third kappa shape index (κ3) is 5.71. The Kier molecular flexibility index (Phi) is 7.71. The highest BCUT2D eigenvalue weighted by Gasteiger charge is 2.45. The van der Waals surface area contributed by atoms with Gasteiger partial charge in [-0.1, -0.05) is 6.07 Å². The first-order chi connectivity index (χ1) is 15.7. The summed E-state index contributed by atoms with van der Waals surface area (Å²) in [6.45, 7) is 0.988. The van der Waals surface area contributed by atoms with Crippen molar-refractivity contribution >= 4 is 12.0 Å². The smallest absolute Gasteiger partial charge is 0.330 e. The van der Waals surface area contributed by atoms with E-state index in [9.17, 15) is 30.0 Å². The molecule has 11 nitrogen and oxygen atoms in total. The van der Waals surface area contributed by atoms with Gasteiger partial charge in [-0.25, -0.2) is 4.79 Å². The number of carbonyl (C=O) groups is 1. The van der Waals surface area contributed by atoms with Crippen LogP contribution in [0.2, 0.25) is 0 Å². The van der Waals surface area contributed by atoms with Crippen LogP contribution in [0.3, 0.4) is 0 Å². The van der Waals surface area contributed by atoms with Gasteiger partial charge in [-0.3, -0.25) is 4.79 Å². The summed E-state index contributed by atoms with van der Waals surface area (Å²) in [5.74, 6) is -0.714. The van der Waals surface area contributed by atoms with Crippen LogP contribution in [0.15, 0.2) is 45.8 Å². The van der Waals surface area contributed by atoms with Crippen molar-refractivity contribution in [2.24, 2.45) is 0 Å². The number of phenolic OH excluding ortho intramolecular Hbond substituents is 1. The van der Waals surface area contributed by atoms with Gasteiger partial charge in [0.25, 0.3) is 0 Å². The normalized spacial score (nSPS) is 25.1. The SMILES string of the molecule is COc1cc(C=CC(=O)OCC2OC(Oc3c(C)occc3=O)C(O)C(O)C2O)ccc1O. The maximum Gasteiger partial charge on any atom is 0.330 e. The number of hydrogen-bond acceptors (Lipinski definition) is 11. The van der Waals surface area contributed by atoms with E-state index in [4.69, 9.17) is 23.4 Å². The first-order valence-electron chi connectivity index (χ1n) is 9.87.